The molecule has 2 saturated heterocycles. The Kier molecular flexibility index (Phi) is 5.43. The molecule has 5 rings (SSSR count). The lowest BCUT2D eigenvalue weighted by atomic mass is 9.84. The molecule has 1 unspecified atom stereocenters. The zero-order valence-corrected chi connectivity index (χ0v) is 20.0. The van der Waals surface area contributed by atoms with Crippen LogP contribution < -0.4 is 15.0 Å². The van der Waals surface area contributed by atoms with Crippen molar-refractivity contribution in [3.63, 3.8) is 0 Å². The number of phenolic OH excluding ortho intramolecular Hbond substituents is 1. The maximum atomic E-state index is 13.6. The van der Waals surface area contributed by atoms with Crippen molar-refractivity contribution in [2.75, 3.05) is 19.1 Å². The van der Waals surface area contributed by atoms with E-state index in [0.717, 1.165) is 18.7 Å². The van der Waals surface area contributed by atoms with Gasteiger partial charge in [-0.15, -0.1) is 10.2 Å². The first-order valence-electron chi connectivity index (χ1n) is 11.6. The summed E-state index contributed by atoms with van der Waals surface area (Å²) in [4.78, 5) is 5.95. The molecule has 0 amide bonds. The molecule has 7 nitrogen and oxygen atoms in total. The van der Waals surface area contributed by atoms with Crippen LogP contribution in [0.15, 0.2) is 42.6 Å². The first-order chi connectivity index (χ1) is 16.2. The van der Waals surface area contributed by atoms with E-state index < -0.39 is 5.95 Å². The highest BCUT2D eigenvalue weighted by Crippen LogP contribution is 2.44. The first kappa shape index (κ1) is 22.5. The normalized spacial score (nSPS) is 25.9. The van der Waals surface area contributed by atoms with E-state index in [1.54, 1.807) is 18.2 Å². The molecule has 0 spiro atoms. The summed E-state index contributed by atoms with van der Waals surface area (Å²) in [6.45, 7) is 4.63. The third kappa shape index (κ3) is 4.07. The topological polar surface area (TPSA) is 83.4 Å². The van der Waals surface area contributed by atoms with Gasteiger partial charge in [0.15, 0.2) is 11.6 Å². The van der Waals surface area contributed by atoms with Gasteiger partial charge in [-0.2, -0.15) is 4.39 Å². The number of pyridine rings is 1. The van der Waals surface area contributed by atoms with Crippen LogP contribution in [-0.4, -0.2) is 51.6 Å². The molecule has 2 aromatic heterocycles. The Morgan fingerprint density at radius 1 is 1.06 bits per heavy atom. The van der Waals surface area contributed by atoms with Crippen LogP contribution >= 0.6 is 0 Å². The molecule has 2 aliphatic heterocycles. The second-order valence-electron chi connectivity index (χ2n) is 10.1. The number of ether oxygens (including phenoxy) is 1. The molecule has 8 heteroatoms. The number of rotatable bonds is 5. The van der Waals surface area contributed by atoms with Crippen molar-refractivity contribution in [1.82, 2.24) is 20.5 Å². The quantitative estimate of drug-likeness (QED) is 0.537. The molecule has 2 fully saturated rings. The highest BCUT2D eigenvalue weighted by atomic mass is 19.1. The van der Waals surface area contributed by atoms with Gasteiger partial charge in [0.2, 0.25) is 0 Å². The van der Waals surface area contributed by atoms with Crippen LogP contribution in [0.5, 0.6) is 11.5 Å². The van der Waals surface area contributed by atoms with E-state index in [0.29, 0.717) is 28.4 Å². The Morgan fingerprint density at radius 3 is 2.41 bits per heavy atom. The van der Waals surface area contributed by atoms with Gasteiger partial charge in [0.1, 0.15) is 5.75 Å². The molecule has 2 bridgehead atoms. The summed E-state index contributed by atoms with van der Waals surface area (Å²) in [5.74, 6) is 0.263. The van der Waals surface area contributed by atoms with Crippen LogP contribution in [0.3, 0.4) is 0 Å². The van der Waals surface area contributed by atoms with Crippen molar-refractivity contribution < 1.29 is 14.2 Å². The molecule has 34 heavy (non-hydrogen) atoms. The highest BCUT2D eigenvalue weighted by Gasteiger charge is 2.49. The van der Waals surface area contributed by atoms with Gasteiger partial charge in [-0.05, 0) is 75.4 Å². The van der Waals surface area contributed by atoms with Gasteiger partial charge in [-0.25, -0.2) is 4.98 Å². The van der Waals surface area contributed by atoms with Gasteiger partial charge >= 0.3 is 0 Å². The van der Waals surface area contributed by atoms with Crippen LogP contribution in [-0.2, 0) is 0 Å². The standard InChI is InChI=1S/C26H30FN5O2/c1-25-9-10-26(2,31-25)14-18(13-25)32(3)23-8-7-20(29-30-23)19-6-5-16(11-21(19)33)17-12-22(34-4)24(27)28-15-17/h5-8,11-12,15,18,31,33H,9-10,13-14H2,1-4H3/t18?,25-,26+. The third-order valence-corrected chi connectivity index (χ3v) is 7.40. The third-order valence-electron chi connectivity index (χ3n) is 7.40. The zero-order chi connectivity index (χ0) is 24.1. The van der Waals surface area contributed by atoms with E-state index in [4.69, 9.17) is 4.74 Å². The fourth-order valence-electron chi connectivity index (χ4n) is 5.60. The van der Waals surface area contributed by atoms with Gasteiger partial charge in [0.05, 0.1) is 12.8 Å². The van der Waals surface area contributed by atoms with Gasteiger partial charge in [0, 0.05) is 41.5 Å². The maximum absolute atomic E-state index is 13.6. The largest absolute Gasteiger partial charge is 0.507 e. The first-order valence-corrected chi connectivity index (χ1v) is 11.6. The van der Waals surface area contributed by atoms with Gasteiger partial charge in [0.25, 0.3) is 5.95 Å². The van der Waals surface area contributed by atoms with Crippen molar-refractivity contribution in [2.45, 2.75) is 56.7 Å². The van der Waals surface area contributed by atoms with E-state index in [2.05, 4.69) is 46.3 Å². The molecular weight excluding hydrogens is 433 g/mol. The Morgan fingerprint density at radius 2 is 1.79 bits per heavy atom. The summed E-state index contributed by atoms with van der Waals surface area (Å²) in [6, 6.07) is 11.0. The molecule has 0 saturated carbocycles. The van der Waals surface area contributed by atoms with E-state index >= 15 is 0 Å². The van der Waals surface area contributed by atoms with Crippen LogP contribution in [0.2, 0.25) is 0 Å². The number of halogens is 1. The number of piperidine rings is 1. The van der Waals surface area contributed by atoms with Crippen LogP contribution in [0.1, 0.15) is 39.5 Å². The van der Waals surface area contributed by atoms with Gasteiger partial charge < -0.3 is 20.1 Å². The minimum Gasteiger partial charge on any atom is -0.507 e. The number of fused-ring (bicyclic) bond motifs is 2. The Labute approximate surface area is 199 Å². The number of nitrogens with one attached hydrogen (secondary N) is 1. The van der Waals surface area contributed by atoms with Crippen molar-refractivity contribution in [2.24, 2.45) is 0 Å². The van der Waals surface area contributed by atoms with Crippen molar-refractivity contribution >= 4 is 5.82 Å². The number of hydrogen-bond acceptors (Lipinski definition) is 7. The summed E-state index contributed by atoms with van der Waals surface area (Å²) >= 11 is 0. The van der Waals surface area contributed by atoms with Crippen LogP contribution in [0.4, 0.5) is 10.2 Å². The number of aromatic nitrogens is 3. The van der Waals surface area contributed by atoms with Crippen molar-refractivity contribution in [1.29, 1.82) is 0 Å². The number of aromatic hydroxyl groups is 1. The lowest BCUT2D eigenvalue weighted by Crippen LogP contribution is -2.58. The minimum absolute atomic E-state index is 0.0522. The molecule has 178 valence electrons. The van der Waals surface area contributed by atoms with E-state index in [1.165, 1.54) is 26.1 Å². The molecule has 4 heterocycles. The minimum atomic E-state index is -0.673. The Hall–Kier alpha value is -3.26. The van der Waals surface area contributed by atoms with Gasteiger partial charge in [-0.3, -0.25) is 0 Å². The number of methoxy groups -OCH3 is 1. The van der Waals surface area contributed by atoms with E-state index in [9.17, 15) is 9.50 Å². The summed E-state index contributed by atoms with van der Waals surface area (Å²) in [5, 5.41) is 23.4. The second-order valence-corrected chi connectivity index (χ2v) is 10.1. The number of nitrogens with zero attached hydrogens (tertiary/aromatic N) is 4. The predicted molar refractivity (Wildman–Crippen MR) is 129 cm³/mol. The highest BCUT2D eigenvalue weighted by molar-refractivity contribution is 5.74. The fraction of sp³-hybridized carbons (Fsp3) is 0.423. The molecule has 1 aromatic carbocycles. The number of phenols is 1. The summed E-state index contributed by atoms with van der Waals surface area (Å²) in [5.41, 5.74) is 2.85. The molecule has 2 aliphatic rings. The van der Waals surface area contributed by atoms with Crippen LogP contribution in [0.25, 0.3) is 22.4 Å². The Balaban J connectivity index is 1.35. The maximum Gasteiger partial charge on any atom is 0.255 e. The Bertz CT molecular complexity index is 1200. The summed E-state index contributed by atoms with van der Waals surface area (Å²) < 4.78 is 18.6. The number of anilines is 1. The summed E-state index contributed by atoms with van der Waals surface area (Å²) in [7, 11) is 3.48. The number of benzene rings is 1. The van der Waals surface area contributed by atoms with E-state index in [1.807, 2.05) is 18.2 Å². The lowest BCUT2D eigenvalue weighted by Gasteiger charge is -2.45. The average Bonchev–Trinajstić information content (AvgIpc) is 3.05. The van der Waals surface area contributed by atoms with Crippen LogP contribution in [0, 0.1) is 5.95 Å². The zero-order valence-electron chi connectivity index (χ0n) is 20.0. The molecule has 3 atom stereocenters. The molecule has 0 radical (unpaired) electrons. The smallest absolute Gasteiger partial charge is 0.255 e. The summed E-state index contributed by atoms with van der Waals surface area (Å²) in [6.07, 6.45) is 5.97. The molecule has 3 aromatic rings. The predicted octanol–water partition coefficient (Wildman–Crippen LogP) is 4.56. The lowest BCUT2D eigenvalue weighted by molar-refractivity contribution is 0.207. The second kappa shape index (κ2) is 8.20. The SMILES string of the molecule is COc1cc(-c2ccc(-c3ccc(N(C)C4C[C@]5(C)CC[C@](C)(C4)N5)nn3)c(O)c2)cnc1F. The molecule has 0 aliphatic carbocycles. The van der Waals surface area contributed by atoms with Crippen molar-refractivity contribution in [3.8, 4) is 33.9 Å². The monoisotopic (exact) mass is 463 g/mol. The van der Waals surface area contributed by atoms with E-state index in [-0.39, 0.29) is 22.6 Å². The number of hydrogen-bond donors (Lipinski definition) is 2. The molecular formula is C26H30FN5O2. The van der Waals surface area contributed by atoms with Crippen molar-refractivity contribution in [3.05, 3.63) is 48.5 Å². The van der Waals surface area contributed by atoms with Gasteiger partial charge in [-0.1, -0.05) is 6.07 Å². The fourth-order valence-corrected chi connectivity index (χ4v) is 5.60. The average molecular weight is 464 g/mol. The molecule has 2 N–H and O–H groups in total.